The Morgan fingerprint density at radius 1 is 1.19 bits per heavy atom. The van der Waals surface area contributed by atoms with Crippen LogP contribution in [0.2, 0.25) is 0 Å². The van der Waals surface area contributed by atoms with E-state index >= 15 is 0 Å². The van der Waals surface area contributed by atoms with Gasteiger partial charge in [-0.25, -0.2) is 8.78 Å². The molecule has 0 aliphatic rings. The van der Waals surface area contributed by atoms with Crippen LogP contribution in [-0.2, 0) is 5.60 Å². The van der Waals surface area contributed by atoms with Gasteiger partial charge in [-0.3, -0.25) is 4.79 Å². The molecule has 1 atom stereocenters. The Kier molecular flexibility index (Phi) is 4.33. The van der Waals surface area contributed by atoms with Crippen LogP contribution in [0.5, 0.6) is 0 Å². The molecule has 2 rings (SSSR count). The van der Waals surface area contributed by atoms with Gasteiger partial charge in [-0.2, -0.15) is 0 Å². The largest absolute Gasteiger partial charge is 0.384 e. The number of nitrogens with one attached hydrogen (secondary N) is 1. The van der Waals surface area contributed by atoms with Crippen LogP contribution in [0, 0.1) is 11.6 Å². The van der Waals surface area contributed by atoms with Crippen LogP contribution in [-0.4, -0.2) is 17.6 Å². The lowest BCUT2D eigenvalue weighted by molar-refractivity contribution is 0.0525. The van der Waals surface area contributed by atoms with Gasteiger partial charge in [-0.15, -0.1) is 0 Å². The first-order valence-corrected chi connectivity index (χ1v) is 6.41. The molecule has 1 amide bonds. The van der Waals surface area contributed by atoms with Crippen LogP contribution in [0.25, 0.3) is 0 Å². The van der Waals surface area contributed by atoms with E-state index in [1.165, 1.54) is 0 Å². The quantitative estimate of drug-likeness (QED) is 0.909. The lowest BCUT2D eigenvalue weighted by Crippen LogP contribution is -2.38. The fourth-order valence-corrected chi connectivity index (χ4v) is 1.92. The lowest BCUT2D eigenvalue weighted by Gasteiger charge is -2.24. The van der Waals surface area contributed by atoms with Crippen molar-refractivity contribution in [2.75, 3.05) is 6.54 Å². The highest BCUT2D eigenvalue weighted by Gasteiger charge is 2.24. The van der Waals surface area contributed by atoms with E-state index in [1.807, 2.05) is 6.07 Å². The number of halogens is 2. The molecule has 0 bridgehead atoms. The summed E-state index contributed by atoms with van der Waals surface area (Å²) in [5.74, 6) is -2.39. The Morgan fingerprint density at radius 3 is 2.48 bits per heavy atom. The van der Waals surface area contributed by atoms with Crippen LogP contribution in [0.3, 0.4) is 0 Å². The highest BCUT2D eigenvalue weighted by Crippen LogP contribution is 2.19. The molecule has 3 nitrogen and oxygen atoms in total. The summed E-state index contributed by atoms with van der Waals surface area (Å²) in [5, 5.41) is 12.8. The predicted molar refractivity (Wildman–Crippen MR) is 74.7 cm³/mol. The van der Waals surface area contributed by atoms with Crippen LogP contribution in [0.4, 0.5) is 8.78 Å². The summed E-state index contributed by atoms with van der Waals surface area (Å²) in [6.45, 7) is 1.45. The molecule has 1 unspecified atom stereocenters. The molecule has 110 valence electrons. The third-order valence-corrected chi connectivity index (χ3v) is 3.16. The molecule has 0 radical (unpaired) electrons. The summed E-state index contributed by atoms with van der Waals surface area (Å²) >= 11 is 0. The van der Waals surface area contributed by atoms with E-state index in [-0.39, 0.29) is 12.1 Å². The second kappa shape index (κ2) is 6.01. The van der Waals surface area contributed by atoms with Gasteiger partial charge in [0, 0.05) is 6.07 Å². The number of hydrogen-bond donors (Lipinski definition) is 2. The molecule has 0 saturated carbocycles. The summed E-state index contributed by atoms with van der Waals surface area (Å²) < 4.78 is 26.3. The zero-order chi connectivity index (χ0) is 15.5. The Labute approximate surface area is 121 Å². The average molecular weight is 291 g/mol. The Balaban J connectivity index is 2.07. The number of rotatable bonds is 4. The molecular formula is C16H15F2NO2. The molecule has 0 aliphatic carbocycles. The van der Waals surface area contributed by atoms with Gasteiger partial charge in [0.1, 0.15) is 17.2 Å². The van der Waals surface area contributed by atoms with E-state index < -0.39 is 23.1 Å². The SMILES string of the molecule is CC(O)(CNC(=O)c1ccc(F)cc1F)c1ccccc1. The molecule has 0 aromatic heterocycles. The summed E-state index contributed by atoms with van der Waals surface area (Å²) in [5.41, 5.74) is -0.918. The van der Waals surface area contributed by atoms with E-state index in [1.54, 1.807) is 31.2 Å². The number of carbonyl (C=O) groups excluding carboxylic acids is 1. The number of benzene rings is 2. The van der Waals surface area contributed by atoms with Gasteiger partial charge in [-0.05, 0) is 24.6 Å². The highest BCUT2D eigenvalue weighted by atomic mass is 19.1. The number of hydrogen-bond acceptors (Lipinski definition) is 2. The number of amides is 1. The molecule has 21 heavy (non-hydrogen) atoms. The van der Waals surface area contributed by atoms with Crippen LogP contribution in [0.1, 0.15) is 22.8 Å². The molecular weight excluding hydrogens is 276 g/mol. The van der Waals surface area contributed by atoms with Crippen molar-refractivity contribution >= 4 is 5.91 Å². The minimum atomic E-state index is -1.28. The summed E-state index contributed by atoms with van der Waals surface area (Å²) in [7, 11) is 0. The summed E-state index contributed by atoms with van der Waals surface area (Å²) in [4.78, 5) is 11.9. The van der Waals surface area contributed by atoms with Gasteiger partial charge in [0.2, 0.25) is 0 Å². The van der Waals surface area contributed by atoms with Gasteiger partial charge >= 0.3 is 0 Å². The van der Waals surface area contributed by atoms with Crippen LogP contribution >= 0.6 is 0 Å². The van der Waals surface area contributed by atoms with Gasteiger partial charge in [0.05, 0.1) is 12.1 Å². The number of aliphatic hydroxyl groups is 1. The molecule has 0 fully saturated rings. The second-order valence-corrected chi connectivity index (χ2v) is 4.95. The molecule has 5 heteroatoms. The van der Waals surface area contributed by atoms with Crippen molar-refractivity contribution in [2.45, 2.75) is 12.5 Å². The van der Waals surface area contributed by atoms with Crippen molar-refractivity contribution in [1.29, 1.82) is 0 Å². The molecule has 0 aliphatic heterocycles. The maximum absolute atomic E-state index is 13.5. The summed E-state index contributed by atoms with van der Waals surface area (Å²) in [6.07, 6.45) is 0. The van der Waals surface area contributed by atoms with E-state index in [0.717, 1.165) is 12.1 Å². The lowest BCUT2D eigenvalue weighted by atomic mass is 9.96. The first-order chi connectivity index (χ1) is 9.90. The van der Waals surface area contributed by atoms with Crippen LogP contribution in [0.15, 0.2) is 48.5 Å². The zero-order valence-electron chi connectivity index (χ0n) is 11.4. The zero-order valence-corrected chi connectivity index (χ0v) is 11.4. The van der Waals surface area contributed by atoms with Crippen molar-refractivity contribution in [1.82, 2.24) is 5.32 Å². The topological polar surface area (TPSA) is 49.3 Å². The van der Waals surface area contributed by atoms with Gasteiger partial charge in [0.25, 0.3) is 5.91 Å². The predicted octanol–water partition coefficient (Wildman–Crippen LogP) is 2.60. The van der Waals surface area contributed by atoms with E-state index in [2.05, 4.69) is 5.32 Å². The van der Waals surface area contributed by atoms with Crippen molar-refractivity contribution in [2.24, 2.45) is 0 Å². The first-order valence-electron chi connectivity index (χ1n) is 6.41. The fourth-order valence-electron chi connectivity index (χ4n) is 1.92. The summed E-state index contributed by atoms with van der Waals surface area (Å²) in [6, 6.07) is 11.5. The molecule has 0 spiro atoms. The van der Waals surface area contributed by atoms with Gasteiger partial charge in [-0.1, -0.05) is 30.3 Å². The third kappa shape index (κ3) is 3.64. The van der Waals surface area contributed by atoms with E-state index in [4.69, 9.17) is 0 Å². The van der Waals surface area contributed by atoms with Crippen molar-refractivity contribution in [3.63, 3.8) is 0 Å². The van der Waals surface area contributed by atoms with Crippen molar-refractivity contribution in [3.8, 4) is 0 Å². The Hall–Kier alpha value is -2.27. The van der Waals surface area contributed by atoms with E-state index in [9.17, 15) is 18.7 Å². The third-order valence-electron chi connectivity index (χ3n) is 3.16. The van der Waals surface area contributed by atoms with Crippen molar-refractivity contribution < 1.29 is 18.7 Å². The molecule has 2 aromatic rings. The van der Waals surface area contributed by atoms with Crippen molar-refractivity contribution in [3.05, 3.63) is 71.3 Å². The fraction of sp³-hybridized carbons (Fsp3) is 0.188. The van der Waals surface area contributed by atoms with Crippen LogP contribution < -0.4 is 5.32 Å². The second-order valence-electron chi connectivity index (χ2n) is 4.95. The average Bonchev–Trinajstić information content (AvgIpc) is 2.46. The maximum atomic E-state index is 13.5. The smallest absolute Gasteiger partial charge is 0.254 e. The minimum Gasteiger partial charge on any atom is -0.384 e. The first kappa shape index (κ1) is 15.1. The van der Waals surface area contributed by atoms with Gasteiger partial charge < -0.3 is 10.4 Å². The Bertz CT molecular complexity index is 642. The highest BCUT2D eigenvalue weighted by molar-refractivity contribution is 5.94. The normalized spacial score (nSPS) is 13.5. The van der Waals surface area contributed by atoms with E-state index in [0.29, 0.717) is 11.6 Å². The van der Waals surface area contributed by atoms with Gasteiger partial charge in [0.15, 0.2) is 0 Å². The Morgan fingerprint density at radius 2 is 1.86 bits per heavy atom. The maximum Gasteiger partial charge on any atom is 0.254 e. The molecule has 0 heterocycles. The molecule has 0 saturated heterocycles. The minimum absolute atomic E-state index is 0.0906. The monoisotopic (exact) mass is 291 g/mol. The molecule has 2 N–H and O–H groups in total. The molecule has 2 aromatic carbocycles. The standard InChI is InChI=1S/C16H15F2NO2/c1-16(21,11-5-3-2-4-6-11)10-19-15(20)13-8-7-12(17)9-14(13)18/h2-9,21H,10H2,1H3,(H,19,20). The number of carbonyl (C=O) groups is 1.